The zero-order chi connectivity index (χ0) is 22.4. The molecule has 1 aliphatic carbocycles. The Labute approximate surface area is 195 Å². The first-order valence-electron chi connectivity index (χ1n) is 12.0. The van der Waals surface area contributed by atoms with Crippen LogP contribution in [0.1, 0.15) is 25.7 Å². The van der Waals surface area contributed by atoms with Crippen molar-refractivity contribution in [2.45, 2.75) is 38.3 Å². The van der Waals surface area contributed by atoms with Gasteiger partial charge in [-0.2, -0.15) is 10.2 Å². The summed E-state index contributed by atoms with van der Waals surface area (Å²) in [5.74, 6) is 0.786. The molecule has 7 nitrogen and oxygen atoms in total. The van der Waals surface area contributed by atoms with Gasteiger partial charge < -0.3 is 4.90 Å². The third-order valence-electron chi connectivity index (χ3n) is 7.09. The Hall–Kier alpha value is -3.19. The van der Waals surface area contributed by atoms with Crippen LogP contribution in [0.2, 0.25) is 0 Å². The highest BCUT2D eigenvalue weighted by molar-refractivity contribution is 5.87. The summed E-state index contributed by atoms with van der Waals surface area (Å²) in [6.45, 7) is 2.98. The molecule has 1 atom stereocenters. The third-order valence-corrected chi connectivity index (χ3v) is 7.09. The third kappa shape index (κ3) is 3.91. The normalized spacial score (nSPS) is 21.1. The molecule has 1 saturated heterocycles. The maximum atomic E-state index is 4.96. The standard InChI is InChI=1S/C26H31N7/c1-30-13-6-9-23(30)20-7-5-14-32(17-20)26-24(22-8-3-4-12-27-22)29-31(2)25(26)21-15-28-33(18-21)16-19-10-11-19/h3-5,7-8,12,15,17-19,23H,6,9-11,13-14,16H2,1-2H3. The Morgan fingerprint density at radius 2 is 2.03 bits per heavy atom. The van der Waals surface area contributed by atoms with Crippen LogP contribution in [-0.2, 0) is 13.6 Å². The van der Waals surface area contributed by atoms with Crippen molar-refractivity contribution in [3.8, 4) is 22.6 Å². The lowest BCUT2D eigenvalue weighted by atomic mass is 10.0. The summed E-state index contributed by atoms with van der Waals surface area (Å²) in [5.41, 5.74) is 6.46. The first-order chi connectivity index (χ1) is 16.2. The summed E-state index contributed by atoms with van der Waals surface area (Å²) in [6, 6.07) is 6.50. The van der Waals surface area contributed by atoms with E-state index in [1.807, 2.05) is 42.3 Å². The molecule has 2 fully saturated rings. The largest absolute Gasteiger partial charge is 0.340 e. The van der Waals surface area contributed by atoms with Crippen molar-refractivity contribution in [1.29, 1.82) is 0 Å². The van der Waals surface area contributed by atoms with Gasteiger partial charge in [-0.15, -0.1) is 0 Å². The topological polar surface area (TPSA) is 55.0 Å². The highest BCUT2D eigenvalue weighted by Gasteiger charge is 2.29. The number of hydrogen-bond acceptors (Lipinski definition) is 5. The molecule has 3 aromatic heterocycles. The number of nitrogens with zero attached hydrogens (tertiary/aromatic N) is 7. The quantitative estimate of drug-likeness (QED) is 0.576. The molecular formula is C26H31N7. The van der Waals surface area contributed by atoms with Gasteiger partial charge in [0.2, 0.25) is 0 Å². The van der Waals surface area contributed by atoms with E-state index < -0.39 is 0 Å². The smallest absolute Gasteiger partial charge is 0.135 e. The van der Waals surface area contributed by atoms with Crippen molar-refractivity contribution in [2.75, 3.05) is 25.0 Å². The number of aromatic nitrogens is 5. The molecule has 3 aliphatic rings. The van der Waals surface area contributed by atoms with Crippen molar-refractivity contribution in [1.82, 2.24) is 29.4 Å². The molecule has 3 aromatic rings. The second kappa shape index (κ2) is 8.30. The van der Waals surface area contributed by atoms with Crippen LogP contribution in [0, 0.1) is 5.92 Å². The minimum atomic E-state index is 0.476. The number of likely N-dealkylation sites (tertiary alicyclic amines) is 1. The van der Waals surface area contributed by atoms with Crippen molar-refractivity contribution in [2.24, 2.45) is 13.0 Å². The van der Waals surface area contributed by atoms with Gasteiger partial charge in [-0.1, -0.05) is 18.2 Å². The predicted octanol–water partition coefficient (Wildman–Crippen LogP) is 4.11. The minimum absolute atomic E-state index is 0.476. The molecule has 0 N–H and O–H groups in total. The molecule has 0 bridgehead atoms. The maximum Gasteiger partial charge on any atom is 0.135 e. The zero-order valence-corrected chi connectivity index (χ0v) is 19.4. The molecule has 7 heteroatoms. The summed E-state index contributed by atoms with van der Waals surface area (Å²) in [5, 5.41) is 9.64. The van der Waals surface area contributed by atoms with E-state index in [9.17, 15) is 0 Å². The van der Waals surface area contributed by atoms with E-state index in [2.05, 4.69) is 56.2 Å². The summed E-state index contributed by atoms with van der Waals surface area (Å²) >= 11 is 0. The number of anilines is 1. The van der Waals surface area contributed by atoms with Crippen LogP contribution in [0.25, 0.3) is 22.6 Å². The van der Waals surface area contributed by atoms with E-state index in [0.29, 0.717) is 6.04 Å². The summed E-state index contributed by atoms with van der Waals surface area (Å²) in [6.07, 6.45) is 18.0. The second-order valence-electron chi connectivity index (χ2n) is 9.60. The second-order valence-corrected chi connectivity index (χ2v) is 9.60. The molecule has 5 heterocycles. The van der Waals surface area contributed by atoms with E-state index >= 15 is 0 Å². The van der Waals surface area contributed by atoms with Crippen LogP contribution in [-0.4, -0.2) is 55.6 Å². The lowest BCUT2D eigenvalue weighted by Crippen LogP contribution is -2.30. The first-order valence-corrected chi connectivity index (χ1v) is 12.0. The SMILES string of the molecule is CN1CCCC1C1=CN(c2c(-c3ccccn3)nn(C)c2-c2cnn(CC3CC3)c2)CC=C1. The van der Waals surface area contributed by atoms with E-state index in [1.54, 1.807) is 0 Å². The van der Waals surface area contributed by atoms with Crippen molar-refractivity contribution in [3.63, 3.8) is 0 Å². The summed E-state index contributed by atoms with van der Waals surface area (Å²) in [4.78, 5) is 9.46. The summed E-state index contributed by atoms with van der Waals surface area (Å²) in [7, 11) is 4.26. The molecule has 6 rings (SSSR count). The Morgan fingerprint density at radius 1 is 1.12 bits per heavy atom. The molecule has 0 aromatic carbocycles. The Balaban J connectivity index is 1.45. The molecule has 0 spiro atoms. The van der Waals surface area contributed by atoms with Crippen molar-refractivity contribution in [3.05, 3.63) is 60.7 Å². The number of likely N-dealkylation sites (N-methyl/N-ethyl adjacent to an activating group) is 1. The number of hydrogen-bond donors (Lipinski definition) is 0. The van der Waals surface area contributed by atoms with Gasteiger partial charge in [0.15, 0.2) is 0 Å². The zero-order valence-electron chi connectivity index (χ0n) is 19.4. The molecular weight excluding hydrogens is 410 g/mol. The lowest BCUT2D eigenvalue weighted by Gasteiger charge is -2.29. The van der Waals surface area contributed by atoms with Gasteiger partial charge in [0, 0.05) is 50.3 Å². The molecule has 1 saturated carbocycles. The first kappa shape index (κ1) is 20.4. The average molecular weight is 442 g/mol. The summed E-state index contributed by atoms with van der Waals surface area (Å²) < 4.78 is 4.08. The van der Waals surface area contributed by atoms with Gasteiger partial charge in [0.05, 0.1) is 23.3 Å². The van der Waals surface area contributed by atoms with Crippen molar-refractivity contribution < 1.29 is 0 Å². The molecule has 0 radical (unpaired) electrons. The van der Waals surface area contributed by atoms with Gasteiger partial charge in [-0.25, -0.2) is 0 Å². The number of pyridine rings is 1. The van der Waals surface area contributed by atoms with E-state index in [4.69, 9.17) is 5.10 Å². The Bertz CT molecular complexity index is 1200. The molecule has 1 unspecified atom stereocenters. The Morgan fingerprint density at radius 3 is 2.79 bits per heavy atom. The Kier molecular flexibility index (Phi) is 5.14. The number of aryl methyl sites for hydroxylation is 1. The number of rotatable bonds is 6. The van der Waals surface area contributed by atoms with E-state index in [1.165, 1.54) is 31.3 Å². The van der Waals surface area contributed by atoms with Gasteiger partial charge in [-0.05, 0) is 62.9 Å². The van der Waals surface area contributed by atoms with Gasteiger partial charge in [0.25, 0.3) is 0 Å². The van der Waals surface area contributed by atoms with Crippen LogP contribution in [0.15, 0.2) is 60.7 Å². The van der Waals surface area contributed by atoms with Crippen LogP contribution >= 0.6 is 0 Å². The minimum Gasteiger partial charge on any atom is -0.340 e. The monoisotopic (exact) mass is 441 g/mol. The van der Waals surface area contributed by atoms with Crippen LogP contribution in [0.3, 0.4) is 0 Å². The fourth-order valence-electron chi connectivity index (χ4n) is 5.20. The van der Waals surface area contributed by atoms with Crippen molar-refractivity contribution >= 4 is 5.69 Å². The fraction of sp³-hybridized carbons (Fsp3) is 0.423. The van der Waals surface area contributed by atoms with Crippen LogP contribution in [0.4, 0.5) is 5.69 Å². The van der Waals surface area contributed by atoms with E-state index in [0.717, 1.165) is 53.9 Å². The lowest BCUT2D eigenvalue weighted by molar-refractivity contribution is 0.348. The predicted molar refractivity (Wildman–Crippen MR) is 131 cm³/mol. The van der Waals surface area contributed by atoms with Crippen LogP contribution < -0.4 is 4.90 Å². The fourth-order valence-corrected chi connectivity index (χ4v) is 5.20. The highest BCUT2D eigenvalue weighted by Crippen LogP contribution is 2.40. The molecule has 0 amide bonds. The maximum absolute atomic E-state index is 4.96. The molecule has 2 aliphatic heterocycles. The highest BCUT2D eigenvalue weighted by atomic mass is 15.3. The molecule has 33 heavy (non-hydrogen) atoms. The van der Waals surface area contributed by atoms with Crippen LogP contribution in [0.5, 0.6) is 0 Å². The van der Waals surface area contributed by atoms with Gasteiger partial charge in [-0.3, -0.25) is 19.2 Å². The van der Waals surface area contributed by atoms with E-state index in [-0.39, 0.29) is 0 Å². The van der Waals surface area contributed by atoms with Gasteiger partial charge in [0.1, 0.15) is 5.69 Å². The average Bonchev–Trinajstić information content (AvgIpc) is 3.19. The molecule has 170 valence electrons. The van der Waals surface area contributed by atoms with Gasteiger partial charge >= 0.3 is 0 Å².